The minimum atomic E-state index is 0.109. The highest BCUT2D eigenvalue weighted by atomic mass is 16.3. The van der Waals surface area contributed by atoms with Gasteiger partial charge < -0.3 is 16.2 Å². The molecule has 4 N–H and O–H groups in total. The van der Waals surface area contributed by atoms with Crippen molar-refractivity contribution in [3.8, 4) is 0 Å². The molecule has 0 amide bonds. The smallest absolute Gasteiger partial charge is 0.134 e. The Kier molecular flexibility index (Phi) is 2.97. The number of nitrogens with zero attached hydrogens (tertiary/aromatic N) is 2. The van der Waals surface area contributed by atoms with Crippen molar-refractivity contribution in [2.75, 3.05) is 5.73 Å². The molecule has 5 heteroatoms. The van der Waals surface area contributed by atoms with Gasteiger partial charge in [-0.1, -0.05) is 6.07 Å². The van der Waals surface area contributed by atoms with Gasteiger partial charge in [-0.15, -0.1) is 0 Å². The van der Waals surface area contributed by atoms with E-state index in [1.807, 2.05) is 6.07 Å². The predicted octanol–water partition coefficient (Wildman–Crippen LogP) is 2.54. The minimum Gasteiger partial charge on any atom is -0.512 e. The van der Waals surface area contributed by atoms with Gasteiger partial charge in [0.25, 0.3) is 0 Å². The van der Waals surface area contributed by atoms with Crippen molar-refractivity contribution >= 4 is 28.0 Å². The number of aliphatic hydroxyl groups is 1. The van der Waals surface area contributed by atoms with Gasteiger partial charge in [-0.25, -0.2) is 9.97 Å². The second kappa shape index (κ2) is 4.44. The van der Waals surface area contributed by atoms with Crippen LogP contribution in [0.4, 0.5) is 5.82 Å². The van der Waals surface area contributed by atoms with Crippen molar-refractivity contribution in [3.05, 3.63) is 35.8 Å². The van der Waals surface area contributed by atoms with Crippen molar-refractivity contribution in [1.82, 2.24) is 9.97 Å². The number of allylic oxidation sites excluding steroid dienone is 2. The quantitative estimate of drug-likeness (QED) is 0.557. The number of nitrogen functional groups attached to an aromatic ring is 1. The van der Waals surface area contributed by atoms with Crippen molar-refractivity contribution in [2.45, 2.75) is 13.8 Å². The number of fused-ring (bicyclic) bond motifs is 1. The number of aromatic nitrogens is 2. The first kappa shape index (κ1) is 12.0. The van der Waals surface area contributed by atoms with E-state index in [0.29, 0.717) is 17.1 Å². The summed E-state index contributed by atoms with van der Waals surface area (Å²) in [6.07, 6.45) is 1.41. The van der Waals surface area contributed by atoms with Crippen molar-refractivity contribution < 1.29 is 5.11 Å². The summed E-state index contributed by atoms with van der Waals surface area (Å²) < 4.78 is 0. The Labute approximate surface area is 105 Å². The zero-order valence-electron chi connectivity index (χ0n) is 10.2. The fourth-order valence-electron chi connectivity index (χ4n) is 1.93. The lowest BCUT2D eigenvalue weighted by atomic mass is 9.99. The van der Waals surface area contributed by atoms with Gasteiger partial charge in [-0.2, -0.15) is 0 Å². The highest BCUT2D eigenvalue weighted by Gasteiger charge is 2.10. The summed E-state index contributed by atoms with van der Waals surface area (Å²) in [6, 6.07) is 5.40. The molecule has 2 rings (SSSR count). The van der Waals surface area contributed by atoms with Gasteiger partial charge >= 0.3 is 0 Å². The van der Waals surface area contributed by atoms with Crippen molar-refractivity contribution in [2.24, 2.45) is 0 Å². The van der Waals surface area contributed by atoms with Crippen LogP contribution in [0.5, 0.6) is 0 Å². The molecule has 0 saturated carbocycles. The number of hydrogen-bond donors (Lipinski definition) is 3. The van der Waals surface area contributed by atoms with Gasteiger partial charge in [0.05, 0.1) is 11.3 Å². The second-order valence-electron chi connectivity index (χ2n) is 4.08. The van der Waals surface area contributed by atoms with Gasteiger partial charge in [-0.05, 0) is 31.5 Å². The number of rotatable bonds is 2. The van der Waals surface area contributed by atoms with Crippen LogP contribution in [-0.2, 0) is 0 Å². The summed E-state index contributed by atoms with van der Waals surface area (Å²) in [5.74, 6) is 0.497. The Bertz CT molecular complexity index is 657. The normalized spacial score (nSPS) is 12.3. The SMILES string of the molecule is CC(=N)/C(=C(/C)O)c1ccc2ncnc(N)c2c1. The standard InChI is InChI=1S/C13H14N4O/c1-7(14)12(8(2)18)9-3-4-11-10(5-9)13(15)17-6-16-11/h3-6,14,18H,1-2H3,(H2,15,16,17)/b12-8+,14-7?. The molecule has 0 aliphatic carbocycles. The Hall–Kier alpha value is -2.43. The summed E-state index contributed by atoms with van der Waals surface area (Å²) in [5.41, 5.74) is 8.06. The molecule has 18 heavy (non-hydrogen) atoms. The number of benzene rings is 1. The van der Waals surface area contributed by atoms with E-state index in [2.05, 4.69) is 9.97 Å². The van der Waals surface area contributed by atoms with Gasteiger partial charge in [0.2, 0.25) is 0 Å². The molecular weight excluding hydrogens is 228 g/mol. The predicted molar refractivity (Wildman–Crippen MR) is 72.6 cm³/mol. The van der Waals surface area contributed by atoms with Crippen molar-refractivity contribution in [3.63, 3.8) is 0 Å². The van der Waals surface area contributed by atoms with Crippen LogP contribution >= 0.6 is 0 Å². The maximum atomic E-state index is 9.65. The Balaban J connectivity index is 2.71. The number of nitrogens with two attached hydrogens (primary N) is 1. The van der Waals surface area contributed by atoms with E-state index >= 15 is 0 Å². The molecule has 0 radical (unpaired) electrons. The van der Waals surface area contributed by atoms with Crippen LogP contribution in [0.15, 0.2) is 30.3 Å². The largest absolute Gasteiger partial charge is 0.512 e. The van der Waals surface area contributed by atoms with Crippen LogP contribution in [0, 0.1) is 5.41 Å². The zero-order chi connectivity index (χ0) is 13.3. The van der Waals surface area contributed by atoms with Crippen LogP contribution in [0.1, 0.15) is 19.4 Å². The van der Waals surface area contributed by atoms with E-state index in [9.17, 15) is 5.11 Å². The molecule has 1 heterocycles. The molecule has 1 aromatic carbocycles. The molecule has 2 aromatic rings. The summed E-state index contributed by atoms with van der Waals surface area (Å²) in [6.45, 7) is 3.19. The molecule has 0 saturated heterocycles. The lowest BCUT2D eigenvalue weighted by molar-refractivity contribution is 0.418. The molecule has 92 valence electrons. The summed E-state index contributed by atoms with van der Waals surface area (Å²) in [7, 11) is 0. The maximum absolute atomic E-state index is 9.65. The highest BCUT2D eigenvalue weighted by Crippen LogP contribution is 2.24. The van der Waals surface area contributed by atoms with E-state index in [0.717, 1.165) is 16.5 Å². The third-order valence-electron chi connectivity index (χ3n) is 2.69. The first-order valence-electron chi connectivity index (χ1n) is 5.46. The van der Waals surface area contributed by atoms with Gasteiger partial charge in [0, 0.05) is 16.7 Å². The number of nitrogens with one attached hydrogen (secondary N) is 1. The number of hydrogen-bond acceptors (Lipinski definition) is 5. The Morgan fingerprint density at radius 1 is 1.28 bits per heavy atom. The summed E-state index contributed by atoms with van der Waals surface area (Å²) >= 11 is 0. The lowest BCUT2D eigenvalue weighted by Crippen LogP contribution is -2.00. The molecule has 5 nitrogen and oxygen atoms in total. The molecule has 0 bridgehead atoms. The fourth-order valence-corrected chi connectivity index (χ4v) is 1.93. The first-order chi connectivity index (χ1) is 8.50. The maximum Gasteiger partial charge on any atom is 0.134 e. The molecule has 0 fully saturated rings. The van der Waals surface area contributed by atoms with Crippen LogP contribution < -0.4 is 5.73 Å². The number of anilines is 1. The molecule has 0 aliphatic heterocycles. The van der Waals surface area contributed by atoms with Crippen LogP contribution in [0.3, 0.4) is 0 Å². The number of aliphatic hydroxyl groups excluding tert-OH is 1. The van der Waals surface area contributed by atoms with Gasteiger partial charge in [0.15, 0.2) is 0 Å². The zero-order valence-corrected chi connectivity index (χ0v) is 10.2. The fraction of sp³-hybridized carbons (Fsp3) is 0.154. The Morgan fingerprint density at radius 3 is 2.61 bits per heavy atom. The minimum absolute atomic E-state index is 0.109. The van der Waals surface area contributed by atoms with Crippen LogP contribution in [0.25, 0.3) is 16.5 Å². The average Bonchev–Trinajstić information content (AvgIpc) is 2.29. The van der Waals surface area contributed by atoms with Crippen LogP contribution in [0.2, 0.25) is 0 Å². The van der Waals surface area contributed by atoms with E-state index in [1.54, 1.807) is 26.0 Å². The van der Waals surface area contributed by atoms with Gasteiger partial charge in [-0.3, -0.25) is 0 Å². The average molecular weight is 242 g/mol. The second-order valence-corrected chi connectivity index (χ2v) is 4.08. The Morgan fingerprint density at radius 2 is 2.00 bits per heavy atom. The highest BCUT2D eigenvalue weighted by molar-refractivity contribution is 6.22. The molecular formula is C13H14N4O. The van der Waals surface area contributed by atoms with Crippen molar-refractivity contribution in [1.29, 1.82) is 5.41 Å². The summed E-state index contributed by atoms with van der Waals surface area (Å²) in [5, 5.41) is 18.1. The molecule has 0 aliphatic rings. The van der Waals surface area contributed by atoms with Gasteiger partial charge in [0.1, 0.15) is 12.1 Å². The lowest BCUT2D eigenvalue weighted by Gasteiger charge is -2.09. The monoisotopic (exact) mass is 242 g/mol. The summed E-state index contributed by atoms with van der Waals surface area (Å²) in [4.78, 5) is 8.04. The molecule has 0 unspecified atom stereocenters. The molecule has 1 aromatic heterocycles. The molecule has 0 atom stereocenters. The van der Waals surface area contributed by atoms with E-state index in [1.165, 1.54) is 6.33 Å². The first-order valence-corrected chi connectivity index (χ1v) is 5.46. The third kappa shape index (κ3) is 2.02. The third-order valence-corrected chi connectivity index (χ3v) is 2.69. The topological polar surface area (TPSA) is 95.9 Å². The van der Waals surface area contributed by atoms with Crippen LogP contribution in [-0.4, -0.2) is 20.8 Å². The molecule has 0 spiro atoms. The van der Waals surface area contributed by atoms with E-state index in [4.69, 9.17) is 11.1 Å². The van der Waals surface area contributed by atoms with E-state index < -0.39 is 0 Å². The van der Waals surface area contributed by atoms with E-state index in [-0.39, 0.29) is 5.76 Å².